The third kappa shape index (κ3) is 9.19. The molecule has 0 aliphatic carbocycles. The van der Waals surface area contributed by atoms with E-state index in [0.717, 1.165) is 35.1 Å². The first kappa shape index (κ1) is 30.9. The number of nitrogens with zero attached hydrogens (tertiary/aromatic N) is 1. The highest BCUT2D eigenvalue weighted by molar-refractivity contribution is 5.92. The highest BCUT2D eigenvalue weighted by Gasteiger charge is 2.36. The van der Waals surface area contributed by atoms with Gasteiger partial charge in [0.2, 0.25) is 11.8 Å². The van der Waals surface area contributed by atoms with E-state index in [1.54, 1.807) is 25.7 Å². The molecule has 2 aromatic carbocycles. The number of carbonyl (C=O) groups excluding carboxylic acids is 3. The van der Waals surface area contributed by atoms with E-state index < -0.39 is 23.8 Å². The van der Waals surface area contributed by atoms with Gasteiger partial charge in [0.05, 0.1) is 0 Å². The van der Waals surface area contributed by atoms with Gasteiger partial charge in [-0.15, -0.1) is 0 Å². The van der Waals surface area contributed by atoms with Gasteiger partial charge in [0.25, 0.3) is 0 Å². The Kier molecular flexibility index (Phi) is 11.4. The molecule has 0 saturated carbocycles. The normalized spacial score (nSPS) is 13.7. The molecule has 0 radical (unpaired) electrons. The van der Waals surface area contributed by atoms with Gasteiger partial charge in [-0.3, -0.25) is 9.59 Å². The predicted molar refractivity (Wildman–Crippen MR) is 152 cm³/mol. The number of amides is 3. The second-order valence-electron chi connectivity index (χ2n) is 11.0. The van der Waals surface area contributed by atoms with Crippen molar-refractivity contribution in [2.24, 2.45) is 0 Å². The molecule has 0 bridgehead atoms. The zero-order valence-electron chi connectivity index (χ0n) is 24.3. The standard InChI is InChI=1S/C31H45N3O4/c1-9-14-23(5)32-28(35)27(25-18-17-21(3)19-22(25)4)34(10-2)29(36)26(20-24-15-12-11-13-16-24)33-30(37)38-31(6,7)8/h11-13,15-19,23,26-27H,9-10,14,20H2,1-8H3,(H,32,35)(H,33,37). The van der Waals surface area contributed by atoms with E-state index in [4.69, 9.17) is 4.74 Å². The number of hydrogen-bond acceptors (Lipinski definition) is 4. The zero-order chi connectivity index (χ0) is 28.5. The van der Waals surface area contributed by atoms with Gasteiger partial charge in [-0.2, -0.15) is 0 Å². The van der Waals surface area contributed by atoms with Crippen LogP contribution in [0.4, 0.5) is 4.79 Å². The van der Waals surface area contributed by atoms with Crippen molar-refractivity contribution in [1.29, 1.82) is 0 Å². The fourth-order valence-electron chi connectivity index (χ4n) is 4.58. The van der Waals surface area contributed by atoms with Gasteiger partial charge >= 0.3 is 6.09 Å². The molecule has 2 N–H and O–H groups in total. The number of benzene rings is 2. The fourth-order valence-corrected chi connectivity index (χ4v) is 4.58. The SMILES string of the molecule is CCCC(C)NC(=O)C(c1ccc(C)cc1C)N(CC)C(=O)C(Cc1ccccc1)NC(=O)OC(C)(C)C. The molecule has 3 amide bonds. The van der Waals surface area contributed by atoms with Crippen molar-refractivity contribution < 1.29 is 19.1 Å². The van der Waals surface area contributed by atoms with Crippen LogP contribution in [0.3, 0.4) is 0 Å². The van der Waals surface area contributed by atoms with E-state index in [0.29, 0.717) is 0 Å². The summed E-state index contributed by atoms with van der Waals surface area (Å²) in [6.07, 6.45) is 1.36. The lowest BCUT2D eigenvalue weighted by atomic mass is 9.95. The van der Waals surface area contributed by atoms with Gasteiger partial charge in [0.15, 0.2) is 0 Å². The van der Waals surface area contributed by atoms with Crippen molar-refractivity contribution in [1.82, 2.24) is 15.5 Å². The Morgan fingerprint density at radius 1 is 0.974 bits per heavy atom. The maximum Gasteiger partial charge on any atom is 0.408 e. The first-order valence-corrected chi connectivity index (χ1v) is 13.6. The van der Waals surface area contributed by atoms with E-state index in [2.05, 4.69) is 17.6 Å². The highest BCUT2D eigenvalue weighted by Crippen LogP contribution is 2.27. The maximum absolute atomic E-state index is 14.2. The minimum absolute atomic E-state index is 0.0328. The molecule has 0 saturated heterocycles. The third-order valence-corrected chi connectivity index (χ3v) is 6.29. The van der Waals surface area contributed by atoms with Crippen LogP contribution in [-0.4, -0.2) is 47.0 Å². The first-order valence-electron chi connectivity index (χ1n) is 13.6. The summed E-state index contributed by atoms with van der Waals surface area (Å²) in [6.45, 7) is 15.5. The van der Waals surface area contributed by atoms with Gasteiger partial charge < -0.3 is 20.3 Å². The van der Waals surface area contributed by atoms with Gasteiger partial charge in [-0.25, -0.2) is 4.79 Å². The number of hydrogen-bond donors (Lipinski definition) is 2. The number of alkyl carbamates (subject to hydrolysis) is 1. The van der Waals surface area contributed by atoms with Gasteiger partial charge in [-0.1, -0.05) is 67.4 Å². The molecule has 208 valence electrons. The molecule has 7 heteroatoms. The summed E-state index contributed by atoms with van der Waals surface area (Å²) in [5.74, 6) is -0.575. The van der Waals surface area contributed by atoms with Crippen molar-refractivity contribution in [3.8, 4) is 0 Å². The van der Waals surface area contributed by atoms with Crippen LogP contribution in [0, 0.1) is 13.8 Å². The van der Waals surface area contributed by atoms with Crippen LogP contribution in [0.1, 0.15) is 82.7 Å². The van der Waals surface area contributed by atoms with Crippen molar-refractivity contribution in [2.45, 2.75) is 98.4 Å². The largest absolute Gasteiger partial charge is 0.444 e. The van der Waals surface area contributed by atoms with Crippen LogP contribution >= 0.6 is 0 Å². The molecule has 7 nitrogen and oxygen atoms in total. The number of ether oxygens (including phenoxy) is 1. The molecule has 0 aliphatic rings. The fraction of sp³-hybridized carbons (Fsp3) is 0.516. The minimum atomic E-state index is -0.915. The van der Waals surface area contributed by atoms with E-state index in [9.17, 15) is 14.4 Å². The molecule has 2 rings (SSSR count). The molecule has 0 fully saturated rings. The topological polar surface area (TPSA) is 87.7 Å². The Labute approximate surface area is 228 Å². The molecular weight excluding hydrogens is 478 g/mol. The van der Waals surface area contributed by atoms with Crippen LogP contribution < -0.4 is 10.6 Å². The number of aryl methyl sites for hydroxylation is 2. The number of carbonyl (C=O) groups is 3. The Hall–Kier alpha value is -3.35. The number of rotatable bonds is 11. The number of likely N-dealkylation sites (N-methyl/N-ethyl adjacent to an activating group) is 1. The number of nitrogens with one attached hydrogen (secondary N) is 2. The lowest BCUT2D eigenvalue weighted by Gasteiger charge is -2.35. The van der Waals surface area contributed by atoms with Crippen LogP contribution in [0.5, 0.6) is 0 Å². The Morgan fingerprint density at radius 2 is 1.63 bits per heavy atom. The summed E-state index contributed by atoms with van der Waals surface area (Å²) in [4.78, 5) is 42.2. The van der Waals surface area contributed by atoms with Crippen LogP contribution in [0.15, 0.2) is 48.5 Å². The van der Waals surface area contributed by atoms with Crippen molar-refractivity contribution >= 4 is 17.9 Å². The quantitative estimate of drug-likeness (QED) is 0.399. The van der Waals surface area contributed by atoms with Crippen molar-refractivity contribution in [3.63, 3.8) is 0 Å². The van der Waals surface area contributed by atoms with E-state index in [1.807, 2.05) is 76.2 Å². The second kappa shape index (κ2) is 14.0. The summed E-state index contributed by atoms with van der Waals surface area (Å²) in [5.41, 5.74) is 2.95. The summed E-state index contributed by atoms with van der Waals surface area (Å²) < 4.78 is 5.47. The van der Waals surface area contributed by atoms with Crippen molar-refractivity contribution in [2.75, 3.05) is 6.54 Å². The Balaban J connectivity index is 2.50. The van der Waals surface area contributed by atoms with Gasteiger partial charge in [0, 0.05) is 19.0 Å². The van der Waals surface area contributed by atoms with Gasteiger partial charge in [0.1, 0.15) is 17.7 Å². The Bertz CT molecular complexity index is 1080. The third-order valence-electron chi connectivity index (χ3n) is 6.29. The lowest BCUT2D eigenvalue weighted by molar-refractivity contribution is -0.142. The first-order chi connectivity index (χ1) is 17.9. The van der Waals surface area contributed by atoms with Crippen LogP contribution in [0.2, 0.25) is 0 Å². The van der Waals surface area contributed by atoms with Crippen molar-refractivity contribution in [3.05, 3.63) is 70.8 Å². The molecule has 38 heavy (non-hydrogen) atoms. The molecule has 0 heterocycles. The Morgan fingerprint density at radius 3 is 2.18 bits per heavy atom. The molecule has 0 aliphatic heterocycles. The smallest absolute Gasteiger partial charge is 0.408 e. The monoisotopic (exact) mass is 523 g/mol. The molecule has 0 aromatic heterocycles. The maximum atomic E-state index is 14.2. The molecule has 0 spiro atoms. The summed E-state index contributed by atoms with van der Waals surface area (Å²) in [5, 5.41) is 5.89. The molecule has 2 aromatic rings. The highest BCUT2D eigenvalue weighted by atomic mass is 16.6. The minimum Gasteiger partial charge on any atom is -0.444 e. The van der Waals surface area contributed by atoms with Gasteiger partial charge in [-0.05, 0) is 71.6 Å². The second-order valence-corrected chi connectivity index (χ2v) is 11.0. The molecule has 3 atom stereocenters. The molecule has 3 unspecified atom stereocenters. The van der Waals surface area contributed by atoms with E-state index in [-0.39, 0.29) is 30.8 Å². The summed E-state index contributed by atoms with van der Waals surface area (Å²) in [7, 11) is 0. The van der Waals surface area contributed by atoms with Crippen LogP contribution in [-0.2, 0) is 20.7 Å². The average molecular weight is 524 g/mol. The average Bonchev–Trinajstić information content (AvgIpc) is 2.82. The van der Waals surface area contributed by atoms with Crippen LogP contribution in [0.25, 0.3) is 0 Å². The summed E-state index contributed by atoms with van der Waals surface area (Å²) in [6, 6.07) is 13.6. The zero-order valence-corrected chi connectivity index (χ0v) is 24.3. The summed E-state index contributed by atoms with van der Waals surface area (Å²) >= 11 is 0. The predicted octanol–water partition coefficient (Wildman–Crippen LogP) is 5.63. The van der Waals surface area contributed by atoms with E-state index in [1.165, 1.54) is 0 Å². The molecular formula is C31H45N3O4. The van der Waals surface area contributed by atoms with E-state index >= 15 is 0 Å². The lowest BCUT2D eigenvalue weighted by Crippen LogP contribution is -2.54.